The summed E-state index contributed by atoms with van der Waals surface area (Å²) in [6, 6.07) is 15.7. The van der Waals surface area contributed by atoms with Crippen molar-refractivity contribution in [3.63, 3.8) is 0 Å². The van der Waals surface area contributed by atoms with Crippen LogP contribution in [0.1, 0.15) is 32.3 Å². The first kappa shape index (κ1) is 18.0. The average molecular weight is 356 g/mol. The van der Waals surface area contributed by atoms with Gasteiger partial charge in [0.2, 0.25) is 0 Å². The summed E-state index contributed by atoms with van der Waals surface area (Å²) in [7, 11) is 0. The molecule has 0 amide bonds. The first-order valence-electron chi connectivity index (χ1n) is 9.03. The molecule has 1 atom stereocenters. The minimum absolute atomic E-state index is 0.714. The standard InChI is InChI=1S/C22H26ClNO/c1-17-4-3-14-24(16-17)15-13-18(2)19-5-9-21(10-6-19)25-22-11-7-20(23)8-12-22/h5-13,17H,3-4,14-16H2,1-2H3. The lowest BCUT2D eigenvalue weighted by Gasteiger charge is -2.30. The van der Waals surface area contributed by atoms with Crippen molar-refractivity contribution in [3.8, 4) is 11.5 Å². The Labute approximate surface area is 156 Å². The molecule has 1 aliphatic heterocycles. The Morgan fingerprint density at radius 3 is 2.40 bits per heavy atom. The quantitative estimate of drug-likeness (QED) is 0.626. The summed E-state index contributed by atoms with van der Waals surface area (Å²) in [5.41, 5.74) is 2.56. The summed E-state index contributed by atoms with van der Waals surface area (Å²) in [6.07, 6.45) is 5.03. The Morgan fingerprint density at radius 2 is 1.76 bits per heavy atom. The van der Waals surface area contributed by atoms with E-state index in [4.69, 9.17) is 16.3 Å². The van der Waals surface area contributed by atoms with Crippen LogP contribution in [0.3, 0.4) is 0 Å². The van der Waals surface area contributed by atoms with Gasteiger partial charge in [-0.3, -0.25) is 4.90 Å². The smallest absolute Gasteiger partial charge is 0.127 e. The maximum Gasteiger partial charge on any atom is 0.127 e. The second kappa shape index (κ2) is 8.55. The molecule has 1 heterocycles. The van der Waals surface area contributed by atoms with E-state index in [0.717, 1.165) is 24.0 Å². The maximum atomic E-state index is 5.90. The van der Waals surface area contributed by atoms with E-state index in [9.17, 15) is 0 Å². The molecule has 0 radical (unpaired) electrons. The predicted octanol–water partition coefficient (Wildman–Crippen LogP) is 6.27. The molecule has 0 bridgehead atoms. The molecule has 1 saturated heterocycles. The van der Waals surface area contributed by atoms with Crippen molar-refractivity contribution in [1.29, 1.82) is 0 Å². The summed E-state index contributed by atoms with van der Waals surface area (Å²) in [6.45, 7) is 8.02. The number of likely N-dealkylation sites (tertiary alicyclic amines) is 1. The number of piperidine rings is 1. The van der Waals surface area contributed by atoms with E-state index >= 15 is 0 Å². The van der Waals surface area contributed by atoms with Gasteiger partial charge in [-0.25, -0.2) is 0 Å². The van der Waals surface area contributed by atoms with Crippen LogP contribution in [-0.4, -0.2) is 24.5 Å². The second-order valence-electron chi connectivity index (χ2n) is 6.97. The highest BCUT2D eigenvalue weighted by Crippen LogP contribution is 2.25. The SMILES string of the molecule is CC(=CCN1CCCC(C)C1)c1ccc(Oc2ccc(Cl)cc2)cc1. The van der Waals surface area contributed by atoms with Gasteiger partial charge in [0, 0.05) is 18.1 Å². The molecule has 1 fully saturated rings. The number of hydrogen-bond acceptors (Lipinski definition) is 2. The van der Waals surface area contributed by atoms with E-state index in [1.54, 1.807) is 0 Å². The van der Waals surface area contributed by atoms with Gasteiger partial charge in [-0.2, -0.15) is 0 Å². The topological polar surface area (TPSA) is 12.5 Å². The van der Waals surface area contributed by atoms with Crippen LogP contribution in [0.2, 0.25) is 5.02 Å². The van der Waals surface area contributed by atoms with Gasteiger partial charge in [-0.05, 0) is 79.8 Å². The van der Waals surface area contributed by atoms with E-state index in [2.05, 4.69) is 37.0 Å². The van der Waals surface area contributed by atoms with Crippen LogP contribution in [0.25, 0.3) is 5.57 Å². The normalized spacial score (nSPS) is 19.0. The van der Waals surface area contributed by atoms with Gasteiger partial charge in [0.15, 0.2) is 0 Å². The molecule has 1 unspecified atom stereocenters. The highest BCUT2D eigenvalue weighted by molar-refractivity contribution is 6.30. The third kappa shape index (κ3) is 5.35. The van der Waals surface area contributed by atoms with Gasteiger partial charge in [-0.15, -0.1) is 0 Å². The van der Waals surface area contributed by atoms with Gasteiger partial charge in [-0.1, -0.05) is 36.7 Å². The fourth-order valence-corrected chi connectivity index (χ4v) is 3.39. The molecule has 0 aliphatic carbocycles. The Morgan fingerprint density at radius 1 is 1.12 bits per heavy atom. The lowest BCUT2D eigenvalue weighted by atomic mass is 10.00. The van der Waals surface area contributed by atoms with Gasteiger partial charge in [0.05, 0.1) is 0 Å². The van der Waals surface area contributed by atoms with Crippen LogP contribution in [0.5, 0.6) is 11.5 Å². The summed E-state index contributed by atoms with van der Waals surface area (Å²) in [4.78, 5) is 2.55. The number of benzene rings is 2. The third-order valence-corrected chi connectivity index (χ3v) is 5.01. The molecule has 25 heavy (non-hydrogen) atoms. The van der Waals surface area contributed by atoms with Crippen molar-refractivity contribution in [3.05, 3.63) is 65.2 Å². The zero-order chi connectivity index (χ0) is 17.6. The van der Waals surface area contributed by atoms with E-state index in [0.29, 0.717) is 5.02 Å². The fourth-order valence-electron chi connectivity index (χ4n) is 3.26. The van der Waals surface area contributed by atoms with Gasteiger partial charge >= 0.3 is 0 Å². The largest absolute Gasteiger partial charge is 0.457 e. The minimum Gasteiger partial charge on any atom is -0.457 e. The Bertz CT molecular complexity index is 706. The number of rotatable bonds is 5. The first-order chi connectivity index (χ1) is 12.1. The van der Waals surface area contributed by atoms with E-state index < -0.39 is 0 Å². The Balaban J connectivity index is 1.59. The lowest BCUT2D eigenvalue weighted by molar-refractivity contribution is 0.201. The van der Waals surface area contributed by atoms with Crippen LogP contribution in [0.4, 0.5) is 0 Å². The van der Waals surface area contributed by atoms with Gasteiger partial charge < -0.3 is 4.74 Å². The maximum absolute atomic E-state index is 5.90. The van der Waals surface area contributed by atoms with Crippen LogP contribution in [0, 0.1) is 5.92 Å². The van der Waals surface area contributed by atoms with Gasteiger partial charge in [0.25, 0.3) is 0 Å². The molecule has 1 aliphatic rings. The number of allylic oxidation sites excluding steroid dienone is 1. The molecule has 0 aromatic heterocycles. The predicted molar refractivity (Wildman–Crippen MR) is 106 cm³/mol. The van der Waals surface area contributed by atoms with Gasteiger partial charge in [0.1, 0.15) is 11.5 Å². The molecule has 0 spiro atoms. The average Bonchev–Trinajstić information content (AvgIpc) is 2.62. The molecule has 2 aromatic rings. The molecular weight excluding hydrogens is 330 g/mol. The number of hydrogen-bond donors (Lipinski definition) is 0. The van der Waals surface area contributed by atoms with Crippen LogP contribution in [-0.2, 0) is 0 Å². The van der Waals surface area contributed by atoms with E-state index in [1.165, 1.54) is 37.1 Å². The molecular formula is C22H26ClNO. The number of halogens is 1. The van der Waals surface area contributed by atoms with Crippen molar-refractivity contribution >= 4 is 17.2 Å². The van der Waals surface area contributed by atoms with Crippen LogP contribution in [0.15, 0.2) is 54.6 Å². The highest BCUT2D eigenvalue weighted by atomic mass is 35.5. The van der Waals surface area contributed by atoms with Crippen molar-refractivity contribution in [2.45, 2.75) is 26.7 Å². The van der Waals surface area contributed by atoms with Crippen molar-refractivity contribution in [2.24, 2.45) is 5.92 Å². The molecule has 0 N–H and O–H groups in total. The Hall–Kier alpha value is -1.77. The number of nitrogens with zero attached hydrogens (tertiary/aromatic N) is 1. The lowest BCUT2D eigenvalue weighted by Crippen LogP contribution is -2.34. The molecule has 3 rings (SSSR count). The molecule has 2 aromatic carbocycles. The van der Waals surface area contributed by atoms with Crippen LogP contribution >= 0.6 is 11.6 Å². The fraction of sp³-hybridized carbons (Fsp3) is 0.364. The van der Waals surface area contributed by atoms with Crippen molar-refractivity contribution in [1.82, 2.24) is 4.90 Å². The minimum atomic E-state index is 0.714. The third-order valence-electron chi connectivity index (χ3n) is 4.76. The van der Waals surface area contributed by atoms with E-state index in [-0.39, 0.29) is 0 Å². The van der Waals surface area contributed by atoms with E-state index in [1.807, 2.05) is 36.4 Å². The molecule has 0 saturated carbocycles. The molecule has 132 valence electrons. The second-order valence-corrected chi connectivity index (χ2v) is 7.41. The van der Waals surface area contributed by atoms with Crippen molar-refractivity contribution < 1.29 is 4.74 Å². The number of ether oxygens (including phenoxy) is 1. The molecule has 2 nitrogen and oxygen atoms in total. The summed E-state index contributed by atoms with van der Waals surface area (Å²) >= 11 is 5.90. The zero-order valence-corrected chi connectivity index (χ0v) is 15.8. The summed E-state index contributed by atoms with van der Waals surface area (Å²) < 4.78 is 5.85. The first-order valence-corrected chi connectivity index (χ1v) is 9.41. The Kier molecular flexibility index (Phi) is 6.17. The summed E-state index contributed by atoms with van der Waals surface area (Å²) in [5, 5.41) is 0.714. The highest BCUT2D eigenvalue weighted by Gasteiger charge is 2.14. The zero-order valence-electron chi connectivity index (χ0n) is 15.0. The van der Waals surface area contributed by atoms with Crippen molar-refractivity contribution in [2.75, 3.05) is 19.6 Å². The van der Waals surface area contributed by atoms with Crippen LogP contribution < -0.4 is 4.74 Å². The summed E-state index contributed by atoms with van der Waals surface area (Å²) in [5.74, 6) is 2.46. The molecule has 3 heteroatoms. The monoisotopic (exact) mass is 355 g/mol.